The molecule has 1 heterocycles. The van der Waals surface area contributed by atoms with Gasteiger partial charge in [-0.1, -0.05) is 23.7 Å². The van der Waals surface area contributed by atoms with Crippen molar-refractivity contribution in [2.45, 2.75) is 19.4 Å². The number of nitrogens with one attached hydrogen (secondary N) is 2. The number of rotatable bonds is 6. The van der Waals surface area contributed by atoms with Crippen LogP contribution in [0.1, 0.15) is 12.5 Å². The highest BCUT2D eigenvalue weighted by atomic mass is 35.5. The van der Waals surface area contributed by atoms with Crippen LogP contribution < -0.4 is 10.6 Å². The number of halogens is 1. The summed E-state index contributed by atoms with van der Waals surface area (Å²) in [5.41, 5.74) is 1.27. The van der Waals surface area contributed by atoms with Gasteiger partial charge in [0.25, 0.3) is 0 Å². The zero-order valence-electron chi connectivity index (χ0n) is 15.1. The van der Waals surface area contributed by atoms with Crippen molar-refractivity contribution >= 4 is 17.6 Å². The normalized spacial score (nSPS) is 18.4. The Morgan fingerprint density at radius 2 is 1.83 bits per heavy atom. The first-order chi connectivity index (χ1) is 11.6. The molecule has 0 aliphatic carbocycles. The lowest BCUT2D eigenvalue weighted by molar-refractivity contribution is 0.120. The van der Waals surface area contributed by atoms with Crippen LogP contribution in [0.5, 0.6) is 0 Å². The summed E-state index contributed by atoms with van der Waals surface area (Å²) in [4.78, 5) is 9.23. The van der Waals surface area contributed by atoms with Crippen LogP contribution in [-0.4, -0.2) is 75.2 Å². The summed E-state index contributed by atoms with van der Waals surface area (Å²) in [6.07, 6.45) is 0.950. The van der Waals surface area contributed by atoms with Crippen LogP contribution in [0.25, 0.3) is 0 Å². The highest BCUT2D eigenvalue weighted by Gasteiger charge is 2.18. The first kappa shape index (κ1) is 19.0. The zero-order chi connectivity index (χ0) is 17.4. The first-order valence-corrected chi connectivity index (χ1v) is 9.08. The monoisotopic (exact) mass is 351 g/mol. The van der Waals surface area contributed by atoms with Gasteiger partial charge in [0.2, 0.25) is 0 Å². The maximum Gasteiger partial charge on any atom is 0.191 e. The minimum Gasteiger partial charge on any atom is -0.356 e. The van der Waals surface area contributed by atoms with E-state index in [2.05, 4.69) is 51.5 Å². The molecule has 1 unspecified atom stereocenters. The van der Waals surface area contributed by atoms with Crippen LogP contribution >= 0.6 is 11.6 Å². The Balaban J connectivity index is 1.67. The average molecular weight is 352 g/mol. The number of piperazine rings is 1. The average Bonchev–Trinajstić information content (AvgIpc) is 2.60. The molecule has 134 valence electrons. The highest BCUT2D eigenvalue weighted by molar-refractivity contribution is 6.30. The molecule has 5 nitrogen and oxygen atoms in total. The number of nitrogens with zero attached hydrogens (tertiary/aromatic N) is 3. The van der Waals surface area contributed by atoms with Crippen molar-refractivity contribution in [3.05, 3.63) is 34.9 Å². The second-order valence-electron chi connectivity index (χ2n) is 6.44. The highest BCUT2D eigenvalue weighted by Crippen LogP contribution is 2.09. The van der Waals surface area contributed by atoms with Crippen LogP contribution in [0.15, 0.2) is 29.3 Å². The predicted octanol–water partition coefficient (Wildman–Crippen LogP) is 1.68. The number of likely N-dealkylation sites (N-methyl/N-ethyl adjacent to an activating group) is 1. The van der Waals surface area contributed by atoms with Crippen LogP contribution in [0.4, 0.5) is 0 Å². The third-order valence-corrected chi connectivity index (χ3v) is 4.82. The molecule has 2 N–H and O–H groups in total. The molecule has 1 saturated heterocycles. The Hall–Kier alpha value is -1.30. The lowest BCUT2D eigenvalue weighted by Crippen LogP contribution is -2.52. The van der Waals surface area contributed by atoms with Gasteiger partial charge in [-0.15, -0.1) is 0 Å². The molecule has 1 aliphatic heterocycles. The van der Waals surface area contributed by atoms with Gasteiger partial charge in [-0.2, -0.15) is 0 Å². The molecule has 2 rings (SSSR count). The quantitative estimate of drug-likeness (QED) is 0.604. The van der Waals surface area contributed by atoms with Crippen molar-refractivity contribution < 1.29 is 0 Å². The number of hydrogen-bond donors (Lipinski definition) is 2. The third kappa shape index (κ3) is 6.30. The van der Waals surface area contributed by atoms with E-state index < -0.39 is 0 Å². The molecular weight excluding hydrogens is 322 g/mol. The van der Waals surface area contributed by atoms with Crippen molar-refractivity contribution in [2.75, 3.05) is 53.4 Å². The molecule has 0 amide bonds. The van der Waals surface area contributed by atoms with E-state index in [4.69, 9.17) is 11.6 Å². The van der Waals surface area contributed by atoms with Gasteiger partial charge < -0.3 is 15.5 Å². The fourth-order valence-electron chi connectivity index (χ4n) is 2.83. The molecule has 0 bridgehead atoms. The van der Waals surface area contributed by atoms with E-state index in [-0.39, 0.29) is 0 Å². The number of benzene rings is 1. The molecule has 0 radical (unpaired) electrons. The summed E-state index contributed by atoms with van der Waals surface area (Å²) in [5, 5.41) is 7.59. The van der Waals surface area contributed by atoms with Gasteiger partial charge in [0, 0.05) is 57.4 Å². The standard InChI is InChI=1S/C18H30ClN5/c1-15(24-12-10-23(3)11-13-24)14-22-18(20-2)21-9-8-16-4-6-17(19)7-5-16/h4-7,15H,8-14H2,1-3H3,(H2,20,21,22). The molecule has 24 heavy (non-hydrogen) atoms. The smallest absolute Gasteiger partial charge is 0.191 e. The van der Waals surface area contributed by atoms with E-state index >= 15 is 0 Å². The molecule has 6 heteroatoms. The number of hydrogen-bond acceptors (Lipinski definition) is 3. The summed E-state index contributed by atoms with van der Waals surface area (Å²) >= 11 is 5.91. The molecule has 1 aromatic carbocycles. The van der Waals surface area contributed by atoms with E-state index in [0.717, 1.165) is 56.7 Å². The lowest BCUT2D eigenvalue weighted by atomic mass is 10.1. The summed E-state index contributed by atoms with van der Waals surface area (Å²) in [6, 6.07) is 8.50. The summed E-state index contributed by atoms with van der Waals surface area (Å²) in [7, 11) is 4.00. The summed E-state index contributed by atoms with van der Waals surface area (Å²) in [5.74, 6) is 0.866. The van der Waals surface area contributed by atoms with Crippen LogP contribution in [0.2, 0.25) is 5.02 Å². The Kier molecular flexibility index (Phi) is 7.82. The van der Waals surface area contributed by atoms with E-state index in [1.807, 2.05) is 19.2 Å². The van der Waals surface area contributed by atoms with Crippen molar-refractivity contribution in [3.8, 4) is 0 Å². The van der Waals surface area contributed by atoms with E-state index in [0.29, 0.717) is 6.04 Å². The van der Waals surface area contributed by atoms with Gasteiger partial charge in [-0.25, -0.2) is 0 Å². The number of guanidine groups is 1. The molecule has 1 atom stereocenters. The van der Waals surface area contributed by atoms with Gasteiger partial charge in [-0.3, -0.25) is 9.89 Å². The van der Waals surface area contributed by atoms with Gasteiger partial charge >= 0.3 is 0 Å². The number of aliphatic imine (C=N–C) groups is 1. The van der Waals surface area contributed by atoms with Gasteiger partial charge in [-0.05, 0) is 38.1 Å². The fraction of sp³-hybridized carbons (Fsp3) is 0.611. The maximum absolute atomic E-state index is 5.91. The maximum atomic E-state index is 5.91. The van der Waals surface area contributed by atoms with Crippen molar-refractivity contribution in [1.29, 1.82) is 0 Å². The topological polar surface area (TPSA) is 42.9 Å². The van der Waals surface area contributed by atoms with Crippen LogP contribution in [0.3, 0.4) is 0 Å². The minimum absolute atomic E-state index is 0.508. The van der Waals surface area contributed by atoms with Gasteiger partial charge in [0.15, 0.2) is 5.96 Å². The van der Waals surface area contributed by atoms with Crippen molar-refractivity contribution in [3.63, 3.8) is 0 Å². The van der Waals surface area contributed by atoms with E-state index in [1.54, 1.807) is 0 Å². The molecular formula is C18H30ClN5. The minimum atomic E-state index is 0.508. The van der Waals surface area contributed by atoms with Crippen molar-refractivity contribution in [2.24, 2.45) is 4.99 Å². The Bertz CT molecular complexity index is 509. The molecule has 1 fully saturated rings. The Morgan fingerprint density at radius 1 is 1.17 bits per heavy atom. The van der Waals surface area contributed by atoms with Crippen molar-refractivity contribution in [1.82, 2.24) is 20.4 Å². The molecule has 0 spiro atoms. The first-order valence-electron chi connectivity index (χ1n) is 8.70. The summed E-state index contributed by atoms with van der Waals surface area (Å²) < 4.78 is 0. The Labute approximate surface area is 151 Å². The van der Waals surface area contributed by atoms with E-state index in [1.165, 1.54) is 5.56 Å². The third-order valence-electron chi connectivity index (χ3n) is 4.57. The van der Waals surface area contributed by atoms with E-state index in [9.17, 15) is 0 Å². The zero-order valence-corrected chi connectivity index (χ0v) is 15.8. The van der Waals surface area contributed by atoms with Gasteiger partial charge in [0.05, 0.1) is 0 Å². The lowest BCUT2D eigenvalue weighted by Gasteiger charge is -2.36. The van der Waals surface area contributed by atoms with Crippen LogP contribution in [0, 0.1) is 0 Å². The molecule has 0 saturated carbocycles. The molecule has 0 aromatic heterocycles. The predicted molar refractivity (Wildman–Crippen MR) is 103 cm³/mol. The SMILES string of the molecule is CN=C(NCCc1ccc(Cl)cc1)NCC(C)N1CCN(C)CC1. The largest absolute Gasteiger partial charge is 0.356 e. The summed E-state index contributed by atoms with van der Waals surface area (Å²) in [6.45, 7) is 8.62. The molecule has 1 aliphatic rings. The second-order valence-corrected chi connectivity index (χ2v) is 6.88. The fourth-order valence-corrected chi connectivity index (χ4v) is 2.96. The van der Waals surface area contributed by atoms with Gasteiger partial charge in [0.1, 0.15) is 0 Å². The second kappa shape index (κ2) is 9.87. The molecule has 1 aromatic rings. The van der Waals surface area contributed by atoms with Crippen LogP contribution in [-0.2, 0) is 6.42 Å². The Morgan fingerprint density at radius 3 is 2.46 bits per heavy atom.